The first-order valence-electron chi connectivity index (χ1n) is 3.84. The molecule has 1 rings (SSSR count). The highest BCUT2D eigenvalue weighted by molar-refractivity contribution is 6.19. The molecule has 0 saturated heterocycles. The molecule has 0 radical (unpaired) electrons. The SMILES string of the molecule is FC(F)c1cccc(/C=C/CCl)c1. The maximum Gasteiger partial charge on any atom is 0.263 e. The van der Waals surface area contributed by atoms with Crippen LogP contribution in [0, 0.1) is 0 Å². The first-order valence-corrected chi connectivity index (χ1v) is 4.38. The van der Waals surface area contributed by atoms with Crippen LogP contribution in [0.15, 0.2) is 30.3 Å². The minimum atomic E-state index is -2.41. The van der Waals surface area contributed by atoms with Gasteiger partial charge in [0, 0.05) is 11.4 Å². The van der Waals surface area contributed by atoms with Crippen LogP contribution in [-0.4, -0.2) is 5.88 Å². The molecule has 0 aliphatic rings. The van der Waals surface area contributed by atoms with Crippen LogP contribution in [0.3, 0.4) is 0 Å². The van der Waals surface area contributed by atoms with Crippen LogP contribution in [0.4, 0.5) is 8.78 Å². The number of hydrogen-bond donors (Lipinski definition) is 0. The van der Waals surface area contributed by atoms with Crippen LogP contribution in [0.25, 0.3) is 6.08 Å². The van der Waals surface area contributed by atoms with Gasteiger partial charge in [0.1, 0.15) is 0 Å². The Bertz CT molecular complexity index is 295. The van der Waals surface area contributed by atoms with Crippen molar-refractivity contribution in [3.8, 4) is 0 Å². The van der Waals surface area contributed by atoms with E-state index in [2.05, 4.69) is 0 Å². The Balaban J connectivity index is 2.85. The van der Waals surface area contributed by atoms with Crippen LogP contribution in [-0.2, 0) is 0 Å². The summed E-state index contributed by atoms with van der Waals surface area (Å²) >= 11 is 5.42. The third kappa shape index (κ3) is 3.15. The molecule has 0 atom stereocenters. The van der Waals surface area contributed by atoms with Gasteiger partial charge in [-0.2, -0.15) is 0 Å². The molecule has 3 heteroatoms. The highest BCUT2D eigenvalue weighted by Crippen LogP contribution is 2.19. The maximum atomic E-state index is 12.2. The van der Waals surface area contributed by atoms with Crippen LogP contribution in [0.1, 0.15) is 17.6 Å². The molecule has 70 valence electrons. The smallest absolute Gasteiger partial charge is 0.205 e. The van der Waals surface area contributed by atoms with Gasteiger partial charge in [-0.3, -0.25) is 0 Å². The van der Waals surface area contributed by atoms with E-state index >= 15 is 0 Å². The molecule has 0 aromatic heterocycles. The fraction of sp³-hybridized carbons (Fsp3) is 0.200. The lowest BCUT2D eigenvalue weighted by molar-refractivity contribution is 0.151. The second-order valence-electron chi connectivity index (χ2n) is 2.53. The average Bonchev–Trinajstić information content (AvgIpc) is 2.15. The van der Waals surface area contributed by atoms with E-state index in [0.717, 1.165) is 5.56 Å². The van der Waals surface area contributed by atoms with Gasteiger partial charge in [0.15, 0.2) is 0 Å². The molecular weight excluding hydrogens is 194 g/mol. The van der Waals surface area contributed by atoms with Gasteiger partial charge in [0.25, 0.3) is 6.43 Å². The summed E-state index contributed by atoms with van der Waals surface area (Å²) in [6.45, 7) is 0. The van der Waals surface area contributed by atoms with Crippen molar-refractivity contribution in [2.45, 2.75) is 6.43 Å². The van der Waals surface area contributed by atoms with E-state index in [-0.39, 0.29) is 5.56 Å². The number of allylic oxidation sites excluding steroid dienone is 1. The molecule has 0 aliphatic heterocycles. The molecule has 0 spiro atoms. The summed E-state index contributed by atoms with van der Waals surface area (Å²) < 4.78 is 24.4. The van der Waals surface area contributed by atoms with E-state index < -0.39 is 6.43 Å². The van der Waals surface area contributed by atoms with Crippen LogP contribution in [0.2, 0.25) is 0 Å². The lowest BCUT2D eigenvalue weighted by Gasteiger charge is -1.99. The lowest BCUT2D eigenvalue weighted by atomic mass is 10.1. The molecule has 0 nitrogen and oxygen atoms in total. The third-order valence-corrected chi connectivity index (χ3v) is 1.74. The standard InChI is InChI=1S/C10H9ClF2/c11-6-2-4-8-3-1-5-9(7-8)10(12)13/h1-5,7,10H,6H2/b4-2+. The zero-order chi connectivity index (χ0) is 9.68. The van der Waals surface area contributed by atoms with Gasteiger partial charge in [-0.05, 0) is 11.6 Å². The second kappa shape index (κ2) is 4.97. The summed E-state index contributed by atoms with van der Waals surface area (Å²) in [5.74, 6) is 0.388. The minimum absolute atomic E-state index is 0.0386. The summed E-state index contributed by atoms with van der Waals surface area (Å²) in [6, 6.07) is 6.22. The molecule has 0 saturated carbocycles. The Kier molecular flexibility index (Phi) is 3.90. The molecular formula is C10H9ClF2. The molecule has 0 heterocycles. The van der Waals surface area contributed by atoms with Gasteiger partial charge in [0.05, 0.1) is 0 Å². The largest absolute Gasteiger partial charge is 0.263 e. The fourth-order valence-electron chi connectivity index (χ4n) is 0.979. The predicted octanol–water partition coefficient (Wildman–Crippen LogP) is 3.88. The van der Waals surface area contributed by atoms with Crippen LogP contribution in [0.5, 0.6) is 0 Å². The van der Waals surface area contributed by atoms with Crippen molar-refractivity contribution >= 4 is 17.7 Å². The molecule has 1 aromatic rings. The Labute approximate surface area is 80.8 Å². The molecule has 0 fully saturated rings. The highest BCUT2D eigenvalue weighted by Gasteiger charge is 2.05. The number of hydrogen-bond acceptors (Lipinski definition) is 0. The van der Waals surface area contributed by atoms with Crippen molar-refractivity contribution in [2.24, 2.45) is 0 Å². The predicted molar refractivity (Wildman–Crippen MR) is 51.2 cm³/mol. The zero-order valence-corrected chi connectivity index (χ0v) is 7.64. The number of rotatable bonds is 3. The monoisotopic (exact) mass is 202 g/mol. The summed E-state index contributed by atoms with van der Waals surface area (Å²) in [4.78, 5) is 0. The van der Waals surface area contributed by atoms with Gasteiger partial charge in [-0.15, -0.1) is 11.6 Å². The van der Waals surface area contributed by atoms with Crippen molar-refractivity contribution in [1.29, 1.82) is 0 Å². The maximum absolute atomic E-state index is 12.2. The second-order valence-corrected chi connectivity index (χ2v) is 2.84. The van der Waals surface area contributed by atoms with Gasteiger partial charge >= 0.3 is 0 Å². The topological polar surface area (TPSA) is 0 Å². The fourth-order valence-corrected chi connectivity index (χ4v) is 1.07. The summed E-state index contributed by atoms with van der Waals surface area (Å²) in [5, 5.41) is 0. The molecule has 0 aliphatic carbocycles. The summed E-state index contributed by atoms with van der Waals surface area (Å²) in [5.41, 5.74) is 0.787. The number of halogens is 3. The molecule has 13 heavy (non-hydrogen) atoms. The zero-order valence-electron chi connectivity index (χ0n) is 6.88. The van der Waals surface area contributed by atoms with Crippen molar-refractivity contribution in [2.75, 3.05) is 5.88 Å². The molecule has 1 aromatic carbocycles. The van der Waals surface area contributed by atoms with E-state index in [0.29, 0.717) is 5.88 Å². The van der Waals surface area contributed by atoms with E-state index in [1.54, 1.807) is 24.3 Å². The van der Waals surface area contributed by atoms with Crippen molar-refractivity contribution in [3.05, 3.63) is 41.5 Å². The van der Waals surface area contributed by atoms with Gasteiger partial charge in [-0.25, -0.2) is 8.78 Å². The number of alkyl halides is 3. The van der Waals surface area contributed by atoms with Gasteiger partial charge < -0.3 is 0 Å². The van der Waals surface area contributed by atoms with E-state index in [9.17, 15) is 8.78 Å². The third-order valence-electron chi connectivity index (χ3n) is 1.56. The first-order chi connectivity index (χ1) is 6.24. The Hall–Kier alpha value is -0.890. The molecule has 0 N–H and O–H groups in total. The van der Waals surface area contributed by atoms with Crippen LogP contribution < -0.4 is 0 Å². The molecule has 0 bridgehead atoms. The summed E-state index contributed by atoms with van der Waals surface area (Å²) in [6.07, 6.45) is 1.02. The van der Waals surface area contributed by atoms with E-state index in [1.165, 1.54) is 12.1 Å². The molecule has 0 unspecified atom stereocenters. The van der Waals surface area contributed by atoms with Gasteiger partial charge in [0.2, 0.25) is 0 Å². The van der Waals surface area contributed by atoms with Crippen molar-refractivity contribution in [1.82, 2.24) is 0 Å². The summed E-state index contributed by atoms with van der Waals surface area (Å²) in [7, 11) is 0. The first kappa shape index (κ1) is 10.2. The van der Waals surface area contributed by atoms with E-state index in [4.69, 9.17) is 11.6 Å². The Morgan fingerprint density at radius 1 is 1.38 bits per heavy atom. The Morgan fingerprint density at radius 3 is 2.77 bits per heavy atom. The Morgan fingerprint density at radius 2 is 2.15 bits per heavy atom. The average molecular weight is 203 g/mol. The van der Waals surface area contributed by atoms with Crippen LogP contribution >= 0.6 is 11.6 Å². The molecule has 0 amide bonds. The number of benzene rings is 1. The quantitative estimate of drug-likeness (QED) is 0.653. The van der Waals surface area contributed by atoms with Gasteiger partial charge in [-0.1, -0.05) is 30.4 Å². The van der Waals surface area contributed by atoms with Crippen molar-refractivity contribution < 1.29 is 8.78 Å². The normalized spacial score (nSPS) is 11.4. The van der Waals surface area contributed by atoms with E-state index in [1.807, 2.05) is 0 Å². The lowest BCUT2D eigenvalue weighted by Crippen LogP contribution is -1.83. The van der Waals surface area contributed by atoms with Crippen molar-refractivity contribution in [3.63, 3.8) is 0 Å². The highest BCUT2D eigenvalue weighted by atomic mass is 35.5. The minimum Gasteiger partial charge on any atom is -0.205 e.